The third kappa shape index (κ3) is 7.82. The molecule has 0 saturated heterocycles. The summed E-state index contributed by atoms with van der Waals surface area (Å²) in [6.07, 6.45) is 0.820. The zero-order valence-electron chi connectivity index (χ0n) is 17.2. The molecule has 0 bridgehead atoms. The molecule has 2 aromatic carbocycles. The van der Waals surface area contributed by atoms with E-state index in [4.69, 9.17) is 26.4 Å². The van der Waals surface area contributed by atoms with Gasteiger partial charge < -0.3 is 14.2 Å². The topological polar surface area (TPSA) is 97.9 Å². The minimum Gasteiger partial charge on any atom is -0.493 e. The fourth-order valence-electron chi connectivity index (χ4n) is 2.37. The summed E-state index contributed by atoms with van der Waals surface area (Å²) in [5.41, 5.74) is 5.69. The zero-order valence-corrected chi connectivity index (χ0v) is 19.6. The third-order valence-corrected chi connectivity index (χ3v) is 4.67. The van der Waals surface area contributed by atoms with E-state index in [0.717, 1.165) is 6.42 Å². The van der Waals surface area contributed by atoms with Crippen molar-refractivity contribution in [3.63, 3.8) is 0 Å². The van der Waals surface area contributed by atoms with Crippen LogP contribution in [0.4, 0.5) is 0 Å². The van der Waals surface area contributed by atoms with Gasteiger partial charge in [-0.15, -0.1) is 0 Å². The van der Waals surface area contributed by atoms with Crippen LogP contribution in [-0.4, -0.2) is 43.9 Å². The summed E-state index contributed by atoms with van der Waals surface area (Å²) in [6.45, 7) is 3.32. The minimum absolute atomic E-state index is 0.0538. The van der Waals surface area contributed by atoms with Crippen LogP contribution in [0.15, 0.2) is 46.9 Å². The second-order valence-corrected chi connectivity index (χ2v) is 7.46. The van der Waals surface area contributed by atoms with E-state index < -0.39 is 11.8 Å². The highest BCUT2D eigenvalue weighted by molar-refractivity contribution is 9.10. The highest BCUT2D eigenvalue weighted by Gasteiger charge is 2.14. The van der Waals surface area contributed by atoms with Gasteiger partial charge in [0.1, 0.15) is 18.1 Å². The van der Waals surface area contributed by atoms with Crippen molar-refractivity contribution in [3.8, 4) is 11.5 Å². The van der Waals surface area contributed by atoms with Crippen molar-refractivity contribution >= 4 is 45.1 Å². The van der Waals surface area contributed by atoms with Crippen LogP contribution in [0.25, 0.3) is 0 Å². The number of carbonyl (C=O) groups excluding carboxylic acids is 2. The van der Waals surface area contributed by atoms with Crippen molar-refractivity contribution in [2.24, 2.45) is 0 Å². The minimum atomic E-state index is -0.442. The molecule has 2 amide bonds. The highest BCUT2D eigenvalue weighted by atomic mass is 79.9. The Morgan fingerprint density at radius 1 is 0.968 bits per heavy atom. The standard InChI is InChI=1S/C21H24BrN3O5S/c1-3-10-29-17-7-5-4-6-15(17)20(27)24-25-21(31)23-19(26)14-8-9-18(16(22)13-14)30-12-11-28-2/h4-9,13H,3,10-12H2,1-2H3,(H,24,27)(H2,23,25,26,31). The van der Waals surface area contributed by atoms with Crippen LogP contribution in [0.2, 0.25) is 0 Å². The number of thiocarbonyl (C=S) groups is 1. The molecule has 0 heterocycles. The highest BCUT2D eigenvalue weighted by Crippen LogP contribution is 2.26. The molecule has 0 aliphatic carbocycles. The van der Waals surface area contributed by atoms with Gasteiger partial charge in [-0.05, 0) is 64.9 Å². The van der Waals surface area contributed by atoms with Crippen LogP contribution in [0, 0.1) is 0 Å². The Kier molecular flexibility index (Phi) is 10.2. The van der Waals surface area contributed by atoms with E-state index in [1.165, 1.54) is 0 Å². The molecular weight excluding hydrogens is 486 g/mol. The molecule has 0 saturated carbocycles. The van der Waals surface area contributed by atoms with Crippen molar-refractivity contribution in [1.29, 1.82) is 0 Å². The molecule has 2 rings (SSSR count). The number of halogens is 1. The predicted octanol–water partition coefficient (Wildman–Crippen LogP) is 3.21. The van der Waals surface area contributed by atoms with E-state index in [0.29, 0.717) is 46.9 Å². The maximum atomic E-state index is 12.4. The van der Waals surface area contributed by atoms with E-state index in [9.17, 15) is 9.59 Å². The average molecular weight is 510 g/mol. The summed E-state index contributed by atoms with van der Waals surface area (Å²) in [5.74, 6) is 0.174. The van der Waals surface area contributed by atoms with Crippen LogP contribution < -0.4 is 25.6 Å². The lowest BCUT2D eigenvalue weighted by atomic mass is 10.2. The summed E-state index contributed by atoms with van der Waals surface area (Å²) >= 11 is 8.46. The first-order chi connectivity index (χ1) is 15.0. The Balaban J connectivity index is 1.89. The second-order valence-electron chi connectivity index (χ2n) is 6.19. The maximum Gasteiger partial charge on any atom is 0.273 e. The van der Waals surface area contributed by atoms with Crippen molar-refractivity contribution in [1.82, 2.24) is 16.2 Å². The SMILES string of the molecule is CCCOc1ccccc1C(=O)NNC(=S)NC(=O)c1ccc(OCCOC)c(Br)c1. The number of nitrogens with one attached hydrogen (secondary N) is 3. The number of hydrazine groups is 1. The molecule has 2 aromatic rings. The lowest BCUT2D eigenvalue weighted by Gasteiger charge is -2.14. The number of ether oxygens (including phenoxy) is 3. The first-order valence-corrected chi connectivity index (χ1v) is 10.7. The van der Waals surface area contributed by atoms with Gasteiger partial charge in [0, 0.05) is 12.7 Å². The van der Waals surface area contributed by atoms with Gasteiger partial charge in [-0.2, -0.15) is 0 Å². The zero-order chi connectivity index (χ0) is 22.6. The van der Waals surface area contributed by atoms with Crippen molar-refractivity contribution < 1.29 is 23.8 Å². The number of methoxy groups -OCH3 is 1. The first kappa shape index (κ1) is 24.6. The Hall–Kier alpha value is -2.69. The Labute approximate surface area is 194 Å². The summed E-state index contributed by atoms with van der Waals surface area (Å²) in [5, 5.41) is 2.45. The molecule has 8 nitrogen and oxygen atoms in total. The molecule has 0 aliphatic heterocycles. The smallest absolute Gasteiger partial charge is 0.273 e. The van der Waals surface area contributed by atoms with Gasteiger partial charge in [0.05, 0.1) is 23.2 Å². The van der Waals surface area contributed by atoms with E-state index in [1.807, 2.05) is 6.92 Å². The monoisotopic (exact) mass is 509 g/mol. The summed E-state index contributed by atoms with van der Waals surface area (Å²) in [7, 11) is 1.59. The molecule has 0 atom stereocenters. The van der Waals surface area contributed by atoms with Crippen molar-refractivity contribution in [2.45, 2.75) is 13.3 Å². The van der Waals surface area contributed by atoms with Gasteiger partial charge in [0.2, 0.25) is 0 Å². The number of carbonyl (C=O) groups is 2. The molecule has 0 unspecified atom stereocenters. The molecular formula is C21H24BrN3O5S. The van der Waals surface area contributed by atoms with E-state index in [1.54, 1.807) is 49.6 Å². The van der Waals surface area contributed by atoms with Gasteiger partial charge in [0.15, 0.2) is 5.11 Å². The third-order valence-electron chi connectivity index (χ3n) is 3.85. The molecule has 0 aromatic heterocycles. The number of rotatable bonds is 9. The Bertz CT molecular complexity index is 926. The maximum absolute atomic E-state index is 12.4. The number of amides is 2. The largest absolute Gasteiger partial charge is 0.493 e. The van der Waals surface area contributed by atoms with Crippen LogP contribution in [-0.2, 0) is 4.74 Å². The molecule has 0 fully saturated rings. The van der Waals surface area contributed by atoms with Gasteiger partial charge >= 0.3 is 0 Å². The number of hydrogen-bond acceptors (Lipinski definition) is 6. The molecule has 3 N–H and O–H groups in total. The van der Waals surface area contributed by atoms with E-state index in [-0.39, 0.29) is 5.11 Å². The fourth-order valence-corrected chi connectivity index (χ4v) is 3.01. The molecule has 166 valence electrons. The van der Waals surface area contributed by atoms with Crippen LogP contribution >= 0.6 is 28.1 Å². The number of hydrogen-bond donors (Lipinski definition) is 3. The molecule has 0 spiro atoms. The van der Waals surface area contributed by atoms with E-state index >= 15 is 0 Å². The van der Waals surface area contributed by atoms with Crippen molar-refractivity contribution in [3.05, 3.63) is 58.1 Å². The quantitative estimate of drug-likeness (QED) is 0.271. The second kappa shape index (κ2) is 12.9. The summed E-state index contributed by atoms with van der Waals surface area (Å²) in [6, 6.07) is 11.7. The van der Waals surface area contributed by atoms with Crippen molar-refractivity contribution in [2.75, 3.05) is 26.9 Å². The predicted molar refractivity (Wildman–Crippen MR) is 124 cm³/mol. The van der Waals surface area contributed by atoms with Crippen LogP contribution in [0.3, 0.4) is 0 Å². The van der Waals surface area contributed by atoms with Gasteiger partial charge in [-0.3, -0.25) is 25.8 Å². The summed E-state index contributed by atoms with van der Waals surface area (Å²) < 4.78 is 16.7. The van der Waals surface area contributed by atoms with Gasteiger partial charge in [-0.25, -0.2) is 0 Å². The Morgan fingerprint density at radius 3 is 2.42 bits per heavy atom. The number of para-hydroxylation sites is 1. The molecule has 0 radical (unpaired) electrons. The normalized spacial score (nSPS) is 10.2. The summed E-state index contributed by atoms with van der Waals surface area (Å²) in [4.78, 5) is 24.8. The molecule has 10 heteroatoms. The molecule has 0 aliphatic rings. The fraction of sp³-hybridized carbons (Fsp3) is 0.286. The first-order valence-electron chi connectivity index (χ1n) is 9.51. The van der Waals surface area contributed by atoms with Crippen LogP contribution in [0.1, 0.15) is 34.1 Å². The lowest BCUT2D eigenvalue weighted by Crippen LogP contribution is -2.48. The van der Waals surface area contributed by atoms with Gasteiger partial charge in [-0.1, -0.05) is 19.1 Å². The van der Waals surface area contributed by atoms with E-state index in [2.05, 4.69) is 32.1 Å². The number of benzene rings is 2. The molecule has 31 heavy (non-hydrogen) atoms. The Morgan fingerprint density at radius 2 is 1.71 bits per heavy atom. The lowest BCUT2D eigenvalue weighted by molar-refractivity contribution is 0.0931. The average Bonchev–Trinajstić information content (AvgIpc) is 2.77. The van der Waals surface area contributed by atoms with Gasteiger partial charge in [0.25, 0.3) is 11.8 Å². The van der Waals surface area contributed by atoms with Crippen LogP contribution in [0.5, 0.6) is 11.5 Å².